The molecule has 0 aromatic carbocycles. The van der Waals surface area contributed by atoms with E-state index in [2.05, 4.69) is 15.0 Å². The van der Waals surface area contributed by atoms with E-state index >= 15 is 0 Å². The zero-order valence-corrected chi connectivity index (χ0v) is 11.0. The van der Waals surface area contributed by atoms with Crippen LogP contribution in [-0.2, 0) is 0 Å². The second kappa shape index (κ2) is 5.48. The Morgan fingerprint density at radius 3 is 2.25 bits per heavy atom. The minimum atomic E-state index is 0.698. The van der Waals surface area contributed by atoms with Crippen LogP contribution in [0.3, 0.4) is 0 Å². The van der Waals surface area contributed by atoms with Gasteiger partial charge in [-0.1, -0.05) is 6.07 Å². The predicted molar refractivity (Wildman–Crippen MR) is 77.3 cm³/mol. The average molecular weight is 263 g/mol. The molecule has 0 aliphatic heterocycles. The minimum Gasteiger partial charge on any atom is -0.494 e. The lowest BCUT2D eigenvalue weighted by Gasteiger charge is -2.10. The molecule has 4 nitrogen and oxygen atoms in total. The predicted octanol–water partition coefficient (Wildman–Crippen LogP) is 3.21. The first kappa shape index (κ1) is 12.3. The number of hydrogen-bond acceptors (Lipinski definition) is 4. The van der Waals surface area contributed by atoms with E-state index in [1.54, 1.807) is 25.7 Å². The van der Waals surface area contributed by atoms with Gasteiger partial charge in [-0.3, -0.25) is 15.0 Å². The zero-order valence-electron chi connectivity index (χ0n) is 11.0. The van der Waals surface area contributed by atoms with Gasteiger partial charge in [0.15, 0.2) is 0 Å². The maximum absolute atomic E-state index is 5.37. The minimum absolute atomic E-state index is 0.698. The van der Waals surface area contributed by atoms with E-state index in [-0.39, 0.29) is 0 Å². The second-order valence-corrected chi connectivity index (χ2v) is 4.17. The van der Waals surface area contributed by atoms with Crippen LogP contribution in [0, 0.1) is 0 Å². The monoisotopic (exact) mass is 263 g/mol. The van der Waals surface area contributed by atoms with Crippen molar-refractivity contribution in [1.82, 2.24) is 15.0 Å². The van der Waals surface area contributed by atoms with Gasteiger partial charge in [-0.25, -0.2) is 0 Å². The average Bonchev–Trinajstić information content (AvgIpc) is 2.55. The van der Waals surface area contributed by atoms with Crippen molar-refractivity contribution in [3.05, 3.63) is 61.1 Å². The van der Waals surface area contributed by atoms with Crippen molar-refractivity contribution >= 4 is 0 Å². The number of aromatic nitrogens is 3. The topological polar surface area (TPSA) is 47.9 Å². The maximum Gasteiger partial charge on any atom is 0.146 e. The van der Waals surface area contributed by atoms with Crippen molar-refractivity contribution in [2.24, 2.45) is 0 Å². The van der Waals surface area contributed by atoms with Gasteiger partial charge in [0, 0.05) is 24.2 Å². The fourth-order valence-electron chi connectivity index (χ4n) is 2.06. The third-order valence-corrected chi connectivity index (χ3v) is 2.96. The molecule has 3 heterocycles. The molecule has 3 aromatic rings. The fraction of sp³-hybridized carbons (Fsp3) is 0.0625. The van der Waals surface area contributed by atoms with Gasteiger partial charge in [0.2, 0.25) is 0 Å². The molecular weight excluding hydrogens is 250 g/mol. The van der Waals surface area contributed by atoms with Gasteiger partial charge in [0.05, 0.1) is 12.8 Å². The molecule has 4 heteroatoms. The number of ether oxygens (including phenoxy) is 1. The Kier molecular flexibility index (Phi) is 3.37. The van der Waals surface area contributed by atoms with E-state index < -0.39 is 0 Å². The smallest absolute Gasteiger partial charge is 0.146 e. The molecule has 98 valence electrons. The molecule has 0 radical (unpaired) electrons. The lowest BCUT2D eigenvalue weighted by atomic mass is 10.1. The maximum atomic E-state index is 5.37. The summed E-state index contributed by atoms with van der Waals surface area (Å²) in [5.41, 5.74) is 3.29. The summed E-state index contributed by atoms with van der Waals surface area (Å²) in [7, 11) is 1.63. The van der Waals surface area contributed by atoms with Crippen LogP contribution in [0.5, 0.6) is 5.75 Å². The van der Waals surface area contributed by atoms with Crippen molar-refractivity contribution < 1.29 is 4.74 Å². The molecule has 0 unspecified atom stereocenters. The largest absolute Gasteiger partial charge is 0.494 e. The summed E-state index contributed by atoms with van der Waals surface area (Å²) < 4.78 is 5.37. The lowest BCUT2D eigenvalue weighted by molar-refractivity contribution is 0.414. The molecule has 0 fully saturated rings. The molecule has 0 saturated heterocycles. The first-order valence-electron chi connectivity index (χ1n) is 6.26. The van der Waals surface area contributed by atoms with Crippen LogP contribution in [0.1, 0.15) is 0 Å². The fourth-order valence-corrected chi connectivity index (χ4v) is 2.06. The molecular formula is C16H13N3O. The van der Waals surface area contributed by atoms with Gasteiger partial charge in [-0.2, -0.15) is 0 Å². The first-order valence-corrected chi connectivity index (χ1v) is 6.26. The van der Waals surface area contributed by atoms with E-state index in [0.717, 1.165) is 22.6 Å². The standard InChI is InChI=1S/C16H13N3O/c1-20-14-8-5-11-19-16(14)15-12(6-4-10-18-15)13-7-2-3-9-17-13/h2-11H,1H3. The van der Waals surface area contributed by atoms with Crippen molar-refractivity contribution in [3.63, 3.8) is 0 Å². The molecule has 0 bridgehead atoms. The van der Waals surface area contributed by atoms with Crippen LogP contribution in [0.25, 0.3) is 22.6 Å². The Morgan fingerprint density at radius 1 is 0.750 bits per heavy atom. The summed E-state index contributed by atoms with van der Waals surface area (Å²) in [6, 6.07) is 13.4. The van der Waals surface area contributed by atoms with Crippen LogP contribution in [0.2, 0.25) is 0 Å². The van der Waals surface area contributed by atoms with Crippen molar-refractivity contribution in [2.75, 3.05) is 7.11 Å². The van der Waals surface area contributed by atoms with E-state index in [1.807, 2.05) is 42.5 Å². The molecule has 3 rings (SSSR count). The SMILES string of the molecule is COc1cccnc1-c1ncccc1-c1ccccn1. The molecule has 0 amide bonds. The number of pyridine rings is 3. The first-order chi connectivity index (χ1) is 9.90. The molecule has 0 aliphatic carbocycles. The summed E-state index contributed by atoms with van der Waals surface area (Å²) in [5, 5.41) is 0. The van der Waals surface area contributed by atoms with Gasteiger partial charge in [0.1, 0.15) is 17.1 Å². The van der Waals surface area contributed by atoms with Crippen LogP contribution in [0.15, 0.2) is 61.1 Å². The highest BCUT2D eigenvalue weighted by atomic mass is 16.5. The number of hydrogen-bond donors (Lipinski definition) is 0. The van der Waals surface area contributed by atoms with E-state index in [4.69, 9.17) is 4.74 Å². The number of methoxy groups -OCH3 is 1. The van der Waals surface area contributed by atoms with Gasteiger partial charge >= 0.3 is 0 Å². The summed E-state index contributed by atoms with van der Waals surface area (Å²) in [4.78, 5) is 13.2. The third-order valence-electron chi connectivity index (χ3n) is 2.96. The van der Waals surface area contributed by atoms with Crippen LogP contribution in [-0.4, -0.2) is 22.1 Å². The Labute approximate surface area is 117 Å². The van der Waals surface area contributed by atoms with Crippen molar-refractivity contribution in [1.29, 1.82) is 0 Å². The van der Waals surface area contributed by atoms with E-state index in [1.165, 1.54) is 0 Å². The van der Waals surface area contributed by atoms with Crippen molar-refractivity contribution in [2.45, 2.75) is 0 Å². The molecule has 3 aromatic heterocycles. The summed E-state index contributed by atoms with van der Waals surface area (Å²) >= 11 is 0. The highest BCUT2D eigenvalue weighted by Gasteiger charge is 2.14. The summed E-state index contributed by atoms with van der Waals surface area (Å²) in [6.45, 7) is 0. The van der Waals surface area contributed by atoms with Gasteiger partial charge in [-0.05, 0) is 36.4 Å². The molecule has 0 aliphatic rings. The molecule has 0 spiro atoms. The Hall–Kier alpha value is -2.75. The normalized spacial score (nSPS) is 10.2. The lowest BCUT2D eigenvalue weighted by Crippen LogP contribution is -1.96. The van der Waals surface area contributed by atoms with Crippen molar-refractivity contribution in [3.8, 4) is 28.4 Å². The Balaban J connectivity index is 2.20. The van der Waals surface area contributed by atoms with Crippen LogP contribution >= 0.6 is 0 Å². The quantitative estimate of drug-likeness (QED) is 0.728. The van der Waals surface area contributed by atoms with Gasteiger partial charge < -0.3 is 4.74 Å². The van der Waals surface area contributed by atoms with E-state index in [9.17, 15) is 0 Å². The van der Waals surface area contributed by atoms with Gasteiger partial charge in [-0.15, -0.1) is 0 Å². The van der Waals surface area contributed by atoms with Gasteiger partial charge in [0.25, 0.3) is 0 Å². The van der Waals surface area contributed by atoms with Crippen LogP contribution in [0.4, 0.5) is 0 Å². The summed E-state index contributed by atoms with van der Waals surface area (Å²) in [5.74, 6) is 0.698. The number of rotatable bonds is 3. The third kappa shape index (κ3) is 2.23. The number of nitrogens with zero attached hydrogens (tertiary/aromatic N) is 3. The molecule has 0 N–H and O–H groups in total. The van der Waals surface area contributed by atoms with Crippen LogP contribution < -0.4 is 4.74 Å². The Morgan fingerprint density at radius 2 is 1.50 bits per heavy atom. The molecule has 20 heavy (non-hydrogen) atoms. The highest BCUT2D eigenvalue weighted by Crippen LogP contribution is 2.32. The highest BCUT2D eigenvalue weighted by molar-refractivity contribution is 5.79. The zero-order chi connectivity index (χ0) is 13.8. The Bertz CT molecular complexity index is 714. The second-order valence-electron chi connectivity index (χ2n) is 4.17. The molecule has 0 saturated carbocycles. The van der Waals surface area contributed by atoms with E-state index in [0.29, 0.717) is 5.75 Å². The molecule has 0 atom stereocenters. The summed E-state index contributed by atoms with van der Waals surface area (Å²) in [6.07, 6.45) is 5.24.